The zero-order valence-corrected chi connectivity index (χ0v) is 18.4. The van der Waals surface area contributed by atoms with E-state index in [0.717, 1.165) is 47.2 Å². The molecular weight excluding hydrogens is 418 g/mol. The first-order valence-corrected chi connectivity index (χ1v) is 11.6. The molecule has 1 aliphatic rings. The number of amides is 1. The highest BCUT2D eigenvalue weighted by Gasteiger charge is 2.32. The smallest absolute Gasteiger partial charge is 0.240 e. The van der Waals surface area contributed by atoms with Gasteiger partial charge in [0.25, 0.3) is 0 Å². The number of rotatable bonds is 6. The Morgan fingerprint density at radius 1 is 0.906 bits per heavy atom. The molecular formula is C25H23N5OS. The molecule has 0 aliphatic carbocycles. The summed E-state index contributed by atoms with van der Waals surface area (Å²) in [7, 11) is 0. The number of thioether (sulfide) groups is 1. The fraction of sp³-hybridized carbons (Fsp3) is 0.200. The Morgan fingerprint density at radius 2 is 1.62 bits per heavy atom. The normalized spacial score (nSPS) is 16.3. The summed E-state index contributed by atoms with van der Waals surface area (Å²) in [6, 6.07) is 24.0. The van der Waals surface area contributed by atoms with E-state index in [1.165, 1.54) is 11.8 Å². The molecule has 0 N–H and O–H groups in total. The lowest BCUT2D eigenvalue weighted by atomic mass is 10.1. The van der Waals surface area contributed by atoms with Crippen LogP contribution in [0.5, 0.6) is 0 Å². The van der Waals surface area contributed by atoms with Gasteiger partial charge in [-0.3, -0.25) is 14.3 Å². The van der Waals surface area contributed by atoms with Gasteiger partial charge < -0.3 is 4.90 Å². The third kappa shape index (κ3) is 4.29. The van der Waals surface area contributed by atoms with Crippen LogP contribution < -0.4 is 4.90 Å². The summed E-state index contributed by atoms with van der Waals surface area (Å²) in [6.07, 6.45) is 5.30. The second-order valence-electron chi connectivity index (χ2n) is 7.69. The lowest BCUT2D eigenvalue weighted by Crippen LogP contribution is -2.43. The Kier molecular flexibility index (Phi) is 5.98. The first-order valence-electron chi connectivity index (χ1n) is 10.7. The maximum atomic E-state index is 13.3. The van der Waals surface area contributed by atoms with Gasteiger partial charge in [0.15, 0.2) is 11.0 Å². The lowest BCUT2D eigenvalue weighted by molar-refractivity contribution is -0.119. The molecule has 0 radical (unpaired) electrons. The Morgan fingerprint density at radius 3 is 2.38 bits per heavy atom. The number of anilines is 1. The van der Waals surface area contributed by atoms with Crippen molar-refractivity contribution in [2.75, 3.05) is 11.4 Å². The van der Waals surface area contributed by atoms with Crippen LogP contribution in [-0.4, -0.2) is 37.5 Å². The number of hydrogen-bond donors (Lipinski definition) is 0. The van der Waals surface area contributed by atoms with Crippen molar-refractivity contribution in [3.63, 3.8) is 0 Å². The fourth-order valence-corrected chi connectivity index (χ4v) is 5.08. The molecule has 1 fully saturated rings. The minimum atomic E-state index is -0.187. The van der Waals surface area contributed by atoms with Crippen LogP contribution in [0.25, 0.3) is 11.4 Å². The second-order valence-corrected chi connectivity index (χ2v) is 8.86. The highest BCUT2D eigenvalue weighted by atomic mass is 32.2. The summed E-state index contributed by atoms with van der Waals surface area (Å²) in [6.45, 7) is 1.38. The topological polar surface area (TPSA) is 63.9 Å². The third-order valence-corrected chi connectivity index (χ3v) is 6.78. The van der Waals surface area contributed by atoms with Gasteiger partial charge >= 0.3 is 0 Å². The number of aromatic nitrogens is 4. The molecule has 1 amide bonds. The number of carbonyl (C=O) groups is 1. The number of piperidine rings is 1. The Hall–Kier alpha value is -3.45. The van der Waals surface area contributed by atoms with E-state index < -0.39 is 0 Å². The maximum absolute atomic E-state index is 13.3. The Balaban J connectivity index is 1.45. The molecule has 2 aromatic heterocycles. The van der Waals surface area contributed by atoms with E-state index in [1.54, 1.807) is 12.4 Å². The van der Waals surface area contributed by atoms with Gasteiger partial charge in [-0.05, 0) is 42.7 Å². The summed E-state index contributed by atoms with van der Waals surface area (Å²) in [4.78, 5) is 19.3. The summed E-state index contributed by atoms with van der Waals surface area (Å²) in [5.74, 6) is 0.911. The first kappa shape index (κ1) is 20.5. The maximum Gasteiger partial charge on any atom is 0.240 e. The zero-order valence-electron chi connectivity index (χ0n) is 17.5. The van der Waals surface area contributed by atoms with Gasteiger partial charge in [-0.2, -0.15) is 0 Å². The first-order chi connectivity index (χ1) is 15.8. The molecule has 3 heterocycles. The van der Waals surface area contributed by atoms with Crippen molar-refractivity contribution in [1.82, 2.24) is 19.7 Å². The van der Waals surface area contributed by atoms with Gasteiger partial charge in [-0.25, -0.2) is 0 Å². The van der Waals surface area contributed by atoms with Crippen molar-refractivity contribution in [3.05, 3.63) is 90.8 Å². The van der Waals surface area contributed by atoms with Crippen LogP contribution in [0.2, 0.25) is 0 Å². The zero-order chi connectivity index (χ0) is 21.8. The van der Waals surface area contributed by atoms with Gasteiger partial charge in [-0.1, -0.05) is 60.3 Å². The SMILES string of the molecule is O=C1C(Sc2nnc(-c3ccncc3)n2Cc2ccccc2)CCCN1c1ccccc1. The van der Waals surface area contributed by atoms with E-state index in [-0.39, 0.29) is 11.2 Å². The molecule has 1 atom stereocenters. The molecule has 0 bridgehead atoms. The summed E-state index contributed by atoms with van der Waals surface area (Å²) >= 11 is 1.51. The predicted octanol–water partition coefficient (Wildman–Crippen LogP) is 4.68. The van der Waals surface area contributed by atoms with Crippen molar-refractivity contribution in [2.24, 2.45) is 0 Å². The number of hydrogen-bond acceptors (Lipinski definition) is 5. The van der Waals surface area contributed by atoms with Crippen LogP contribution in [-0.2, 0) is 11.3 Å². The standard InChI is InChI=1S/C25H23N5OS/c31-24-22(12-7-17-29(24)21-10-5-2-6-11-21)32-25-28-27-23(20-13-15-26-16-14-20)30(25)18-19-8-3-1-4-9-19/h1-6,8-11,13-16,22H,7,12,17-18H2. The minimum absolute atomic E-state index is 0.132. The highest BCUT2D eigenvalue weighted by Crippen LogP contribution is 2.33. The van der Waals surface area contributed by atoms with Crippen LogP contribution >= 0.6 is 11.8 Å². The molecule has 0 spiro atoms. The molecule has 1 saturated heterocycles. The van der Waals surface area contributed by atoms with Crippen LogP contribution in [0.4, 0.5) is 5.69 Å². The van der Waals surface area contributed by atoms with E-state index in [2.05, 4.69) is 31.9 Å². The number of nitrogens with zero attached hydrogens (tertiary/aromatic N) is 5. The Bertz CT molecular complexity index is 1180. The average Bonchev–Trinajstić information content (AvgIpc) is 3.24. The Labute approximate surface area is 191 Å². The molecule has 32 heavy (non-hydrogen) atoms. The van der Waals surface area contributed by atoms with Crippen LogP contribution in [0.15, 0.2) is 90.3 Å². The quantitative estimate of drug-likeness (QED) is 0.435. The van der Waals surface area contributed by atoms with Gasteiger partial charge in [0.05, 0.1) is 11.8 Å². The van der Waals surface area contributed by atoms with E-state index in [4.69, 9.17) is 0 Å². The van der Waals surface area contributed by atoms with Crippen LogP contribution in [0.1, 0.15) is 18.4 Å². The molecule has 2 aromatic carbocycles. The summed E-state index contributed by atoms with van der Waals surface area (Å²) in [5.41, 5.74) is 3.06. The minimum Gasteiger partial charge on any atom is -0.311 e. The number of benzene rings is 2. The molecule has 160 valence electrons. The van der Waals surface area contributed by atoms with E-state index in [1.807, 2.05) is 65.6 Å². The molecule has 1 aliphatic heterocycles. The van der Waals surface area contributed by atoms with Crippen molar-refractivity contribution < 1.29 is 4.79 Å². The fourth-order valence-electron chi connectivity index (χ4n) is 3.94. The predicted molar refractivity (Wildman–Crippen MR) is 126 cm³/mol. The number of carbonyl (C=O) groups excluding carboxylic acids is 1. The third-order valence-electron chi connectivity index (χ3n) is 5.54. The molecule has 6 nitrogen and oxygen atoms in total. The van der Waals surface area contributed by atoms with Crippen LogP contribution in [0.3, 0.4) is 0 Å². The monoisotopic (exact) mass is 441 g/mol. The summed E-state index contributed by atoms with van der Waals surface area (Å²) in [5, 5.41) is 9.56. The summed E-state index contributed by atoms with van der Waals surface area (Å²) < 4.78 is 2.10. The largest absolute Gasteiger partial charge is 0.311 e. The molecule has 1 unspecified atom stereocenters. The molecule has 4 aromatic rings. The van der Waals surface area contributed by atoms with Crippen molar-refractivity contribution >= 4 is 23.4 Å². The van der Waals surface area contributed by atoms with Gasteiger partial charge in [0.1, 0.15) is 0 Å². The van der Waals surface area contributed by atoms with E-state index >= 15 is 0 Å². The lowest BCUT2D eigenvalue weighted by Gasteiger charge is -2.31. The van der Waals surface area contributed by atoms with Crippen molar-refractivity contribution in [3.8, 4) is 11.4 Å². The van der Waals surface area contributed by atoms with Gasteiger partial charge in [-0.15, -0.1) is 10.2 Å². The average molecular weight is 442 g/mol. The molecule has 0 saturated carbocycles. The van der Waals surface area contributed by atoms with Crippen molar-refractivity contribution in [1.29, 1.82) is 0 Å². The van der Waals surface area contributed by atoms with E-state index in [0.29, 0.717) is 6.54 Å². The highest BCUT2D eigenvalue weighted by molar-refractivity contribution is 8.00. The van der Waals surface area contributed by atoms with Crippen LogP contribution in [0, 0.1) is 0 Å². The molecule has 7 heteroatoms. The second kappa shape index (κ2) is 9.36. The van der Waals surface area contributed by atoms with E-state index in [9.17, 15) is 4.79 Å². The molecule has 5 rings (SSSR count). The van der Waals surface area contributed by atoms with Gasteiger partial charge in [0, 0.05) is 30.2 Å². The van der Waals surface area contributed by atoms with Crippen molar-refractivity contribution in [2.45, 2.75) is 29.8 Å². The number of para-hydroxylation sites is 1. The number of pyridine rings is 1. The van der Waals surface area contributed by atoms with Gasteiger partial charge in [0.2, 0.25) is 5.91 Å².